The molecular weight excluding hydrogens is 254 g/mol. The van der Waals surface area contributed by atoms with E-state index < -0.39 is 0 Å². The Morgan fingerprint density at radius 3 is 2.65 bits per heavy atom. The molecule has 1 aliphatic rings. The first-order valence-corrected chi connectivity index (χ1v) is 6.96. The molecular formula is C15H21N3O2. The summed E-state index contributed by atoms with van der Waals surface area (Å²) in [5, 5.41) is 2.84. The van der Waals surface area contributed by atoms with E-state index in [0.717, 1.165) is 37.1 Å². The molecule has 1 fully saturated rings. The van der Waals surface area contributed by atoms with Crippen molar-refractivity contribution < 1.29 is 9.59 Å². The van der Waals surface area contributed by atoms with Gasteiger partial charge in [0.05, 0.1) is 12.6 Å². The predicted molar refractivity (Wildman–Crippen MR) is 78.2 cm³/mol. The number of benzene rings is 1. The van der Waals surface area contributed by atoms with Crippen LogP contribution in [-0.2, 0) is 9.59 Å². The number of nitrogens with one attached hydrogen (secondary N) is 1. The zero-order valence-corrected chi connectivity index (χ0v) is 11.8. The lowest BCUT2D eigenvalue weighted by Crippen LogP contribution is -2.50. The molecule has 1 heterocycles. The van der Waals surface area contributed by atoms with Crippen molar-refractivity contribution in [1.29, 1.82) is 0 Å². The molecule has 2 amide bonds. The van der Waals surface area contributed by atoms with Crippen molar-refractivity contribution in [3.05, 3.63) is 29.8 Å². The van der Waals surface area contributed by atoms with E-state index in [1.54, 1.807) is 0 Å². The predicted octanol–water partition coefficient (Wildman–Crippen LogP) is 1.27. The van der Waals surface area contributed by atoms with Gasteiger partial charge in [0.1, 0.15) is 0 Å². The second kappa shape index (κ2) is 6.52. The van der Waals surface area contributed by atoms with E-state index in [4.69, 9.17) is 5.73 Å². The molecule has 20 heavy (non-hydrogen) atoms. The number of aryl methyl sites for hydroxylation is 1. The summed E-state index contributed by atoms with van der Waals surface area (Å²) in [6.07, 6.45) is 2.73. The van der Waals surface area contributed by atoms with E-state index in [1.165, 1.54) is 0 Å². The van der Waals surface area contributed by atoms with Gasteiger partial charge in [-0.15, -0.1) is 0 Å². The molecule has 1 unspecified atom stereocenters. The van der Waals surface area contributed by atoms with E-state index >= 15 is 0 Å². The molecule has 108 valence electrons. The van der Waals surface area contributed by atoms with E-state index in [1.807, 2.05) is 36.1 Å². The Hall–Kier alpha value is -1.88. The Kier molecular flexibility index (Phi) is 4.74. The van der Waals surface area contributed by atoms with Crippen molar-refractivity contribution in [2.45, 2.75) is 32.2 Å². The molecule has 1 saturated heterocycles. The third-order valence-electron chi connectivity index (χ3n) is 3.62. The highest BCUT2D eigenvalue weighted by atomic mass is 16.2. The van der Waals surface area contributed by atoms with Gasteiger partial charge in [-0.1, -0.05) is 24.1 Å². The summed E-state index contributed by atoms with van der Waals surface area (Å²) in [7, 11) is 0. The topological polar surface area (TPSA) is 75.4 Å². The van der Waals surface area contributed by atoms with Gasteiger partial charge < -0.3 is 11.1 Å². The molecule has 0 radical (unpaired) electrons. The minimum Gasteiger partial charge on any atom is -0.368 e. The van der Waals surface area contributed by atoms with Crippen LogP contribution in [0.5, 0.6) is 0 Å². The van der Waals surface area contributed by atoms with Crippen molar-refractivity contribution in [3.63, 3.8) is 0 Å². The van der Waals surface area contributed by atoms with E-state index in [2.05, 4.69) is 5.32 Å². The average Bonchev–Trinajstić information content (AvgIpc) is 2.41. The highest BCUT2D eigenvalue weighted by Crippen LogP contribution is 2.16. The lowest BCUT2D eigenvalue weighted by Gasteiger charge is -2.32. The summed E-state index contributed by atoms with van der Waals surface area (Å²) in [6.45, 7) is 2.95. The fourth-order valence-electron chi connectivity index (χ4n) is 2.52. The first-order chi connectivity index (χ1) is 9.56. The molecule has 0 spiro atoms. The van der Waals surface area contributed by atoms with Crippen LogP contribution >= 0.6 is 0 Å². The molecule has 1 aliphatic heterocycles. The molecule has 0 aromatic heterocycles. The summed E-state index contributed by atoms with van der Waals surface area (Å²) in [5.74, 6) is -0.449. The number of carbonyl (C=O) groups excluding carboxylic acids is 2. The lowest BCUT2D eigenvalue weighted by molar-refractivity contribution is -0.126. The van der Waals surface area contributed by atoms with Crippen molar-refractivity contribution >= 4 is 17.5 Å². The number of primary amides is 1. The largest absolute Gasteiger partial charge is 0.368 e. The minimum atomic E-state index is -0.340. The van der Waals surface area contributed by atoms with Crippen LogP contribution in [-0.4, -0.2) is 35.8 Å². The van der Waals surface area contributed by atoms with Crippen LogP contribution in [0.25, 0.3) is 0 Å². The number of nitrogens with two attached hydrogens (primary N) is 1. The number of piperidine rings is 1. The van der Waals surface area contributed by atoms with Crippen LogP contribution in [0.3, 0.4) is 0 Å². The maximum Gasteiger partial charge on any atom is 0.238 e. The van der Waals surface area contributed by atoms with E-state index in [-0.39, 0.29) is 24.4 Å². The first kappa shape index (κ1) is 14.5. The molecule has 0 aliphatic carbocycles. The number of hydrogen-bond acceptors (Lipinski definition) is 3. The van der Waals surface area contributed by atoms with E-state index in [9.17, 15) is 9.59 Å². The normalized spacial score (nSPS) is 19.6. The maximum absolute atomic E-state index is 12.0. The van der Waals surface area contributed by atoms with Crippen LogP contribution in [0.15, 0.2) is 24.3 Å². The number of likely N-dealkylation sites (tertiary alicyclic amines) is 1. The highest BCUT2D eigenvalue weighted by molar-refractivity contribution is 5.92. The summed E-state index contributed by atoms with van der Waals surface area (Å²) in [6, 6.07) is 7.32. The first-order valence-electron chi connectivity index (χ1n) is 6.96. The van der Waals surface area contributed by atoms with Gasteiger partial charge in [0.15, 0.2) is 0 Å². The van der Waals surface area contributed by atoms with Gasteiger partial charge in [-0.2, -0.15) is 0 Å². The third-order valence-corrected chi connectivity index (χ3v) is 3.62. The van der Waals surface area contributed by atoms with Crippen LogP contribution in [0, 0.1) is 6.92 Å². The zero-order valence-electron chi connectivity index (χ0n) is 11.8. The molecule has 0 saturated carbocycles. The SMILES string of the molecule is Cc1ccc(NC(=O)CN2CCCCC2C(N)=O)cc1. The highest BCUT2D eigenvalue weighted by Gasteiger charge is 2.28. The van der Waals surface area contributed by atoms with Crippen molar-refractivity contribution in [3.8, 4) is 0 Å². The monoisotopic (exact) mass is 275 g/mol. The number of amides is 2. The Morgan fingerprint density at radius 2 is 2.00 bits per heavy atom. The van der Waals surface area contributed by atoms with Crippen LogP contribution in [0.1, 0.15) is 24.8 Å². The molecule has 1 aromatic rings. The number of nitrogens with zero attached hydrogens (tertiary/aromatic N) is 1. The Bertz CT molecular complexity index is 484. The van der Waals surface area contributed by atoms with Gasteiger partial charge in [-0.25, -0.2) is 0 Å². The van der Waals surface area contributed by atoms with Crippen molar-refractivity contribution in [1.82, 2.24) is 4.90 Å². The Balaban J connectivity index is 1.92. The summed E-state index contributed by atoms with van der Waals surface area (Å²) in [4.78, 5) is 25.3. The van der Waals surface area contributed by atoms with Gasteiger partial charge >= 0.3 is 0 Å². The fraction of sp³-hybridized carbons (Fsp3) is 0.467. The molecule has 5 nitrogen and oxygen atoms in total. The standard InChI is InChI=1S/C15H21N3O2/c1-11-5-7-12(8-6-11)17-14(19)10-18-9-3-2-4-13(18)15(16)20/h5-8,13H,2-4,9-10H2,1H3,(H2,16,20)(H,17,19). The second-order valence-corrected chi connectivity index (χ2v) is 5.30. The molecule has 0 bridgehead atoms. The van der Waals surface area contributed by atoms with Gasteiger partial charge in [0, 0.05) is 5.69 Å². The number of rotatable bonds is 4. The van der Waals surface area contributed by atoms with Crippen molar-refractivity contribution in [2.24, 2.45) is 5.73 Å². The summed E-state index contributed by atoms with van der Waals surface area (Å²) < 4.78 is 0. The van der Waals surface area contributed by atoms with Gasteiger partial charge in [-0.3, -0.25) is 14.5 Å². The fourth-order valence-corrected chi connectivity index (χ4v) is 2.52. The zero-order chi connectivity index (χ0) is 14.5. The van der Waals surface area contributed by atoms with Gasteiger partial charge in [0.2, 0.25) is 11.8 Å². The number of anilines is 1. The molecule has 1 atom stereocenters. The molecule has 3 N–H and O–H groups in total. The van der Waals surface area contributed by atoms with Crippen LogP contribution < -0.4 is 11.1 Å². The minimum absolute atomic E-state index is 0.109. The summed E-state index contributed by atoms with van der Waals surface area (Å²) in [5.41, 5.74) is 7.31. The quantitative estimate of drug-likeness (QED) is 0.869. The van der Waals surface area contributed by atoms with Crippen molar-refractivity contribution in [2.75, 3.05) is 18.4 Å². The maximum atomic E-state index is 12.0. The van der Waals surface area contributed by atoms with Crippen LogP contribution in [0.2, 0.25) is 0 Å². The third kappa shape index (κ3) is 3.81. The van der Waals surface area contributed by atoms with Gasteiger partial charge in [-0.05, 0) is 38.4 Å². The smallest absolute Gasteiger partial charge is 0.238 e. The molecule has 2 rings (SSSR count). The van der Waals surface area contributed by atoms with E-state index in [0.29, 0.717) is 0 Å². The molecule has 1 aromatic carbocycles. The summed E-state index contributed by atoms with van der Waals surface area (Å²) >= 11 is 0. The Labute approximate surface area is 119 Å². The number of carbonyl (C=O) groups is 2. The lowest BCUT2D eigenvalue weighted by atomic mass is 10.0. The second-order valence-electron chi connectivity index (χ2n) is 5.30. The average molecular weight is 275 g/mol. The number of hydrogen-bond donors (Lipinski definition) is 2. The Morgan fingerprint density at radius 1 is 1.30 bits per heavy atom. The van der Waals surface area contributed by atoms with Crippen LogP contribution in [0.4, 0.5) is 5.69 Å². The molecule has 5 heteroatoms. The van der Waals surface area contributed by atoms with Gasteiger partial charge in [0.25, 0.3) is 0 Å².